The highest BCUT2D eigenvalue weighted by Crippen LogP contribution is 2.28. The number of carbonyl (C=O) groups excluding carboxylic acids is 1. The van der Waals surface area contributed by atoms with Crippen molar-refractivity contribution in [1.82, 2.24) is 9.97 Å². The summed E-state index contributed by atoms with van der Waals surface area (Å²) >= 11 is 2.98. The van der Waals surface area contributed by atoms with Crippen molar-refractivity contribution < 1.29 is 9.53 Å². The Morgan fingerprint density at radius 1 is 0.966 bits per heavy atom. The van der Waals surface area contributed by atoms with Gasteiger partial charge in [0.05, 0.1) is 20.4 Å². The number of aromatic nitrogens is 2. The van der Waals surface area contributed by atoms with Crippen LogP contribution >= 0.6 is 22.7 Å². The van der Waals surface area contributed by atoms with E-state index >= 15 is 0 Å². The number of aryl methyl sites for hydroxylation is 2. The zero-order chi connectivity index (χ0) is 21.2. The molecular formula is C21H24N4O2S2. The largest absolute Gasteiger partial charge is 0.444 e. The molecule has 4 rings (SSSR count). The first-order chi connectivity index (χ1) is 13.6. The number of para-hydroxylation sites is 2. The fourth-order valence-corrected chi connectivity index (χ4v) is 4.38. The summed E-state index contributed by atoms with van der Waals surface area (Å²) in [6, 6.07) is 12.1. The number of hydrogen-bond donors (Lipinski definition) is 2. The van der Waals surface area contributed by atoms with Crippen LogP contribution in [0.1, 0.15) is 31.9 Å². The summed E-state index contributed by atoms with van der Waals surface area (Å²) in [5, 5.41) is 3.87. The van der Waals surface area contributed by atoms with Crippen molar-refractivity contribution in [3.63, 3.8) is 0 Å². The Kier molecular flexibility index (Phi) is 6.04. The number of ether oxygens (including phenoxy) is 1. The maximum absolute atomic E-state index is 11.6. The molecule has 0 aliphatic rings. The molecule has 29 heavy (non-hydrogen) atoms. The van der Waals surface area contributed by atoms with E-state index in [2.05, 4.69) is 15.3 Å². The van der Waals surface area contributed by atoms with Crippen molar-refractivity contribution in [2.75, 3.05) is 11.1 Å². The van der Waals surface area contributed by atoms with E-state index in [4.69, 9.17) is 10.5 Å². The first kappa shape index (κ1) is 21.0. The summed E-state index contributed by atoms with van der Waals surface area (Å²) in [7, 11) is 0. The molecule has 0 aliphatic heterocycles. The minimum absolute atomic E-state index is 0.473. The van der Waals surface area contributed by atoms with Gasteiger partial charge in [0.25, 0.3) is 0 Å². The van der Waals surface area contributed by atoms with E-state index in [-0.39, 0.29) is 0 Å². The Balaban J connectivity index is 0.000000186. The molecule has 0 fully saturated rings. The Bertz CT molecular complexity index is 1160. The van der Waals surface area contributed by atoms with Gasteiger partial charge in [-0.3, -0.25) is 5.32 Å². The van der Waals surface area contributed by atoms with E-state index in [1.54, 1.807) is 0 Å². The Morgan fingerprint density at radius 3 is 2.03 bits per heavy atom. The number of benzene rings is 2. The van der Waals surface area contributed by atoms with Crippen LogP contribution in [0.25, 0.3) is 20.4 Å². The van der Waals surface area contributed by atoms with E-state index in [1.807, 2.05) is 71.0 Å². The van der Waals surface area contributed by atoms with Gasteiger partial charge in [0.15, 0.2) is 10.3 Å². The van der Waals surface area contributed by atoms with E-state index in [0.29, 0.717) is 10.3 Å². The first-order valence-corrected chi connectivity index (χ1v) is 10.7. The fourth-order valence-electron chi connectivity index (χ4n) is 2.63. The van der Waals surface area contributed by atoms with Gasteiger partial charge in [-0.2, -0.15) is 0 Å². The number of amides is 1. The summed E-state index contributed by atoms with van der Waals surface area (Å²) in [6.45, 7) is 9.53. The molecule has 4 aromatic rings. The lowest BCUT2D eigenvalue weighted by Gasteiger charge is -2.18. The molecule has 152 valence electrons. The fraction of sp³-hybridized carbons (Fsp3) is 0.286. The quantitative estimate of drug-likeness (QED) is 0.380. The lowest BCUT2D eigenvalue weighted by molar-refractivity contribution is 0.0636. The Labute approximate surface area is 177 Å². The molecule has 2 heterocycles. The average Bonchev–Trinajstić information content (AvgIpc) is 3.18. The minimum Gasteiger partial charge on any atom is -0.444 e. The molecule has 0 spiro atoms. The molecule has 0 unspecified atom stereocenters. The van der Waals surface area contributed by atoms with Gasteiger partial charge in [-0.05, 0) is 57.9 Å². The Hall–Kier alpha value is -2.71. The topological polar surface area (TPSA) is 90.1 Å². The van der Waals surface area contributed by atoms with Crippen molar-refractivity contribution in [2.45, 2.75) is 40.2 Å². The normalized spacial score (nSPS) is 11.2. The number of hydrogen-bond acceptors (Lipinski definition) is 7. The molecule has 1 amide bonds. The second-order valence-electron chi connectivity index (χ2n) is 7.54. The zero-order valence-electron chi connectivity index (χ0n) is 17.1. The number of rotatable bonds is 1. The third-order valence-corrected chi connectivity index (χ3v) is 5.65. The van der Waals surface area contributed by atoms with Crippen molar-refractivity contribution in [3.05, 3.63) is 47.5 Å². The van der Waals surface area contributed by atoms with E-state index in [0.717, 1.165) is 21.3 Å². The summed E-state index contributed by atoms with van der Waals surface area (Å²) in [6.07, 6.45) is -0.473. The van der Waals surface area contributed by atoms with E-state index < -0.39 is 11.7 Å². The van der Waals surface area contributed by atoms with Crippen LogP contribution in [0.15, 0.2) is 36.4 Å². The SMILES string of the molecule is Cc1cccc2sc(N)nc12.Cc1cccc2sc(NC(=O)OC(C)(C)C)nc12. The molecule has 2 aromatic carbocycles. The van der Waals surface area contributed by atoms with Crippen LogP contribution in [-0.4, -0.2) is 21.7 Å². The molecule has 0 saturated carbocycles. The van der Waals surface area contributed by atoms with Crippen molar-refractivity contribution in [3.8, 4) is 0 Å². The molecule has 3 N–H and O–H groups in total. The van der Waals surface area contributed by atoms with Gasteiger partial charge in [-0.25, -0.2) is 14.8 Å². The molecule has 6 nitrogen and oxygen atoms in total. The molecule has 2 aromatic heterocycles. The number of anilines is 2. The smallest absolute Gasteiger partial charge is 0.413 e. The van der Waals surface area contributed by atoms with Crippen LogP contribution < -0.4 is 11.1 Å². The highest BCUT2D eigenvalue weighted by molar-refractivity contribution is 7.22. The minimum atomic E-state index is -0.503. The number of thiazole rings is 2. The van der Waals surface area contributed by atoms with Gasteiger partial charge in [-0.1, -0.05) is 46.9 Å². The summed E-state index contributed by atoms with van der Waals surface area (Å²) in [4.78, 5) is 20.2. The number of nitrogens with zero attached hydrogens (tertiary/aromatic N) is 2. The number of fused-ring (bicyclic) bond motifs is 2. The monoisotopic (exact) mass is 428 g/mol. The molecule has 0 atom stereocenters. The summed E-state index contributed by atoms with van der Waals surface area (Å²) in [5.74, 6) is 0. The third-order valence-electron chi connectivity index (χ3n) is 3.87. The van der Waals surface area contributed by atoms with Gasteiger partial charge in [0.1, 0.15) is 5.60 Å². The highest BCUT2D eigenvalue weighted by Gasteiger charge is 2.17. The van der Waals surface area contributed by atoms with Gasteiger partial charge in [0, 0.05) is 0 Å². The molecule has 0 saturated heterocycles. The zero-order valence-corrected chi connectivity index (χ0v) is 18.7. The third kappa shape index (κ3) is 5.42. The highest BCUT2D eigenvalue weighted by atomic mass is 32.1. The maximum Gasteiger partial charge on any atom is 0.413 e. The number of nitrogen functional groups attached to an aromatic ring is 1. The van der Waals surface area contributed by atoms with Crippen LogP contribution in [0.3, 0.4) is 0 Å². The van der Waals surface area contributed by atoms with E-state index in [1.165, 1.54) is 32.9 Å². The van der Waals surface area contributed by atoms with E-state index in [9.17, 15) is 4.79 Å². The van der Waals surface area contributed by atoms with Crippen LogP contribution in [0.4, 0.5) is 15.1 Å². The maximum atomic E-state index is 11.6. The molecule has 8 heteroatoms. The van der Waals surface area contributed by atoms with Crippen LogP contribution in [0, 0.1) is 13.8 Å². The number of nitrogens with two attached hydrogens (primary N) is 1. The molecule has 0 aliphatic carbocycles. The molecule has 0 radical (unpaired) electrons. The van der Waals surface area contributed by atoms with Gasteiger partial charge < -0.3 is 10.5 Å². The van der Waals surface area contributed by atoms with Gasteiger partial charge in [0.2, 0.25) is 0 Å². The molecule has 0 bridgehead atoms. The summed E-state index contributed by atoms with van der Waals surface area (Å²) in [5.41, 5.74) is 9.31. The van der Waals surface area contributed by atoms with Crippen LogP contribution in [-0.2, 0) is 4.74 Å². The average molecular weight is 429 g/mol. The Morgan fingerprint density at radius 2 is 1.52 bits per heavy atom. The van der Waals surface area contributed by atoms with Gasteiger partial charge in [-0.15, -0.1) is 0 Å². The summed E-state index contributed by atoms with van der Waals surface area (Å²) < 4.78 is 7.41. The van der Waals surface area contributed by atoms with Crippen LogP contribution in [0.5, 0.6) is 0 Å². The van der Waals surface area contributed by atoms with Crippen molar-refractivity contribution in [1.29, 1.82) is 0 Å². The second-order valence-corrected chi connectivity index (χ2v) is 9.63. The van der Waals surface area contributed by atoms with Crippen molar-refractivity contribution in [2.24, 2.45) is 0 Å². The van der Waals surface area contributed by atoms with Crippen molar-refractivity contribution >= 4 is 59.5 Å². The molecular weight excluding hydrogens is 404 g/mol. The predicted octanol–water partition coefficient (Wildman–Crippen LogP) is 6.14. The second kappa shape index (κ2) is 8.34. The standard InChI is InChI=1S/C13H16N2O2S.C8H8N2S/c1-8-6-5-7-9-10(8)14-11(18-9)15-12(16)17-13(2,3)4;1-5-3-2-4-6-7(5)10-8(9)11-6/h5-7H,1-4H3,(H,14,15,16);2-4H,1H3,(H2,9,10). The lowest BCUT2D eigenvalue weighted by Crippen LogP contribution is -2.27. The lowest BCUT2D eigenvalue weighted by atomic mass is 10.2. The van der Waals surface area contributed by atoms with Crippen LogP contribution in [0.2, 0.25) is 0 Å². The number of carbonyl (C=O) groups is 1. The van der Waals surface area contributed by atoms with Gasteiger partial charge >= 0.3 is 6.09 Å². The first-order valence-electron chi connectivity index (χ1n) is 9.10. The number of nitrogens with one attached hydrogen (secondary N) is 1. The predicted molar refractivity (Wildman–Crippen MR) is 123 cm³/mol.